The van der Waals surface area contributed by atoms with Crippen LogP contribution in [-0.2, 0) is 10.0 Å². The second kappa shape index (κ2) is 9.24. The van der Waals surface area contributed by atoms with E-state index in [1.165, 1.54) is 7.11 Å². The van der Waals surface area contributed by atoms with Crippen molar-refractivity contribution in [2.75, 3.05) is 33.9 Å². The lowest BCUT2D eigenvalue weighted by Crippen LogP contribution is -2.55. The zero-order valence-electron chi connectivity index (χ0n) is 19.8. The van der Waals surface area contributed by atoms with Gasteiger partial charge in [-0.2, -0.15) is 4.31 Å². The molecule has 1 unspecified atom stereocenters. The lowest BCUT2D eigenvalue weighted by atomic mass is 10.1. The van der Waals surface area contributed by atoms with Gasteiger partial charge in [0.25, 0.3) is 0 Å². The van der Waals surface area contributed by atoms with Gasteiger partial charge in [-0.1, -0.05) is 18.2 Å². The number of benzene rings is 3. The molecule has 2 aliphatic heterocycles. The van der Waals surface area contributed by atoms with Crippen LogP contribution in [0.5, 0.6) is 23.0 Å². The van der Waals surface area contributed by atoms with Gasteiger partial charge >= 0.3 is 0 Å². The monoisotopic (exact) mass is 493 g/mol. The first-order chi connectivity index (χ1) is 16.9. The van der Waals surface area contributed by atoms with Crippen molar-refractivity contribution in [3.05, 3.63) is 72.3 Å². The molecule has 2 aliphatic rings. The molecule has 0 saturated carbocycles. The summed E-state index contributed by atoms with van der Waals surface area (Å²) in [6, 6.07) is 19.6. The van der Waals surface area contributed by atoms with E-state index < -0.39 is 10.0 Å². The minimum absolute atomic E-state index is 0.223. The molecule has 8 nitrogen and oxygen atoms in total. The van der Waals surface area contributed by atoms with Crippen LogP contribution >= 0.6 is 0 Å². The maximum atomic E-state index is 13.4. The molecule has 3 aromatic rings. The SMILES string of the molecule is COc1cccc(S(=O)(=O)N2CCN(C3=Nc4ccccc4Oc4ccc(OC)cc43)CC2C)c1. The highest BCUT2D eigenvalue weighted by molar-refractivity contribution is 7.89. The maximum Gasteiger partial charge on any atom is 0.243 e. The summed E-state index contributed by atoms with van der Waals surface area (Å²) in [5, 5.41) is 0. The first-order valence-electron chi connectivity index (χ1n) is 11.4. The fourth-order valence-corrected chi connectivity index (χ4v) is 6.11. The van der Waals surface area contributed by atoms with E-state index in [0.29, 0.717) is 42.6 Å². The van der Waals surface area contributed by atoms with Crippen molar-refractivity contribution in [3.8, 4) is 23.0 Å². The highest BCUT2D eigenvalue weighted by Gasteiger charge is 2.36. The van der Waals surface area contributed by atoms with Gasteiger partial charge in [0.2, 0.25) is 10.0 Å². The van der Waals surface area contributed by atoms with Gasteiger partial charge in [0.15, 0.2) is 5.75 Å². The molecule has 1 atom stereocenters. The average Bonchev–Trinajstić information content (AvgIpc) is 3.04. The number of nitrogens with zero attached hydrogens (tertiary/aromatic N) is 3. The molecule has 2 heterocycles. The Hall–Kier alpha value is -3.56. The summed E-state index contributed by atoms with van der Waals surface area (Å²) in [6.45, 7) is 3.19. The number of sulfonamides is 1. The van der Waals surface area contributed by atoms with Crippen molar-refractivity contribution in [2.24, 2.45) is 4.99 Å². The molecular formula is C26H27N3O5S. The van der Waals surface area contributed by atoms with Gasteiger partial charge in [0.1, 0.15) is 28.8 Å². The molecule has 1 saturated heterocycles. The van der Waals surface area contributed by atoms with E-state index in [1.807, 2.05) is 49.4 Å². The molecule has 9 heteroatoms. The Labute approximate surface area is 205 Å². The van der Waals surface area contributed by atoms with Crippen molar-refractivity contribution >= 4 is 21.5 Å². The minimum Gasteiger partial charge on any atom is -0.497 e. The van der Waals surface area contributed by atoms with Crippen LogP contribution < -0.4 is 14.2 Å². The quantitative estimate of drug-likeness (QED) is 0.540. The number of hydrogen-bond donors (Lipinski definition) is 0. The predicted molar refractivity (Wildman–Crippen MR) is 134 cm³/mol. The van der Waals surface area contributed by atoms with Crippen molar-refractivity contribution in [1.82, 2.24) is 9.21 Å². The molecule has 35 heavy (non-hydrogen) atoms. The molecule has 1 fully saturated rings. The summed E-state index contributed by atoms with van der Waals surface area (Å²) in [7, 11) is -0.540. The van der Waals surface area contributed by atoms with E-state index in [1.54, 1.807) is 35.7 Å². The molecule has 3 aromatic carbocycles. The van der Waals surface area contributed by atoms with Gasteiger partial charge in [0.05, 0.1) is 24.7 Å². The molecule has 0 bridgehead atoms. The number of para-hydroxylation sites is 2. The molecule has 5 rings (SSSR count). The molecule has 0 aromatic heterocycles. The fraction of sp³-hybridized carbons (Fsp3) is 0.269. The van der Waals surface area contributed by atoms with Crippen LogP contribution in [0.3, 0.4) is 0 Å². The second-order valence-electron chi connectivity index (χ2n) is 8.46. The topological polar surface area (TPSA) is 80.7 Å². The third-order valence-electron chi connectivity index (χ3n) is 6.25. The Balaban J connectivity index is 1.48. The third-order valence-corrected chi connectivity index (χ3v) is 8.26. The van der Waals surface area contributed by atoms with Crippen molar-refractivity contribution in [2.45, 2.75) is 17.9 Å². The fourth-order valence-electron chi connectivity index (χ4n) is 4.46. The van der Waals surface area contributed by atoms with E-state index in [0.717, 1.165) is 17.1 Å². The van der Waals surface area contributed by atoms with E-state index in [2.05, 4.69) is 4.90 Å². The number of fused-ring (bicyclic) bond motifs is 2. The van der Waals surface area contributed by atoms with Crippen LogP contribution in [-0.4, -0.2) is 63.4 Å². The second-order valence-corrected chi connectivity index (χ2v) is 10.3. The molecule has 0 aliphatic carbocycles. The van der Waals surface area contributed by atoms with E-state index in [4.69, 9.17) is 19.2 Å². The first kappa shape index (κ1) is 23.2. The first-order valence-corrected chi connectivity index (χ1v) is 12.8. The number of amidine groups is 1. The number of hydrogen-bond acceptors (Lipinski definition) is 7. The lowest BCUT2D eigenvalue weighted by molar-refractivity contribution is 0.205. The molecule has 0 amide bonds. The zero-order valence-corrected chi connectivity index (χ0v) is 20.7. The Morgan fingerprint density at radius 3 is 2.46 bits per heavy atom. The van der Waals surface area contributed by atoms with Crippen LogP contribution in [0.1, 0.15) is 12.5 Å². The maximum absolute atomic E-state index is 13.4. The van der Waals surface area contributed by atoms with E-state index in [9.17, 15) is 8.42 Å². The highest BCUT2D eigenvalue weighted by Crippen LogP contribution is 2.39. The third kappa shape index (κ3) is 4.33. The Bertz CT molecular complexity index is 1390. The van der Waals surface area contributed by atoms with Gasteiger partial charge < -0.3 is 19.1 Å². The van der Waals surface area contributed by atoms with Crippen LogP contribution in [0, 0.1) is 0 Å². The van der Waals surface area contributed by atoms with Gasteiger partial charge in [-0.3, -0.25) is 0 Å². The van der Waals surface area contributed by atoms with Crippen molar-refractivity contribution in [3.63, 3.8) is 0 Å². The number of rotatable bonds is 4. The van der Waals surface area contributed by atoms with Crippen molar-refractivity contribution in [1.29, 1.82) is 0 Å². The molecule has 0 spiro atoms. The van der Waals surface area contributed by atoms with Gasteiger partial charge in [0, 0.05) is 31.7 Å². The van der Waals surface area contributed by atoms with Gasteiger partial charge in [-0.05, 0) is 49.4 Å². The van der Waals surface area contributed by atoms with Crippen LogP contribution in [0.4, 0.5) is 5.69 Å². The molecule has 182 valence electrons. The smallest absolute Gasteiger partial charge is 0.243 e. The number of methoxy groups -OCH3 is 2. The molecule has 0 radical (unpaired) electrons. The van der Waals surface area contributed by atoms with E-state index in [-0.39, 0.29) is 10.9 Å². The normalized spacial score (nSPS) is 18.0. The Kier molecular flexibility index (Phi) is 6.12. The summed E-state index contributed by atoms with van der Waals surface area (Å²) in [6.07, 6.45) is 0. The highest BCUT2D eigenvalue weighted by atomic mass is 32.2. The Morgan fingerprint density at radius 2 is 1.69 bits per heavy atom. The largest absolute Gasteiger partial charge is 0.497 e. The number of piperazine rings is 1. The van der Waals surface area contributed by atoms with Crippen LogP contribution in [0.2, 0.25) is 0 Å². The average molecular weight is 494 g/mol. The lowest BCUT2D eigenvalue weighted by Gasteiger charge is -2.40. The summed E-state index contributed by atoms with van der Waals surface area (Å²) < 4.78 is 45.3. The van der Waals surface area contributed by atoms with Crippen LogP contribution in [0.15, 0.2) is 76.6 Å². The predicted octanol–water partition coefficient (Wildman–Crippen LogP) is 4.28. The Morgan fingerprint density at radius 1 is 0.914 bits per heavy atom. The van der Waals surface area contributed by atoms with Gasteiger partial charge in [-0.15, -0.1) is 0 Å². The zero-order chi connectivity index (χ0) is 24.6. The summed E-state index contributed by atoms with van der Waals surface area (Å²) >= 11 is 0. The number of ether oxygens (including phenoxy) is 3. The molecular weight excluding hydrogens is 466 g/mol. The number of aliphatic imine (C=N–C) groups is 1. The van der Waals surface area contributed by atoms with Crippen LogP contribution in [0.25, 0.3) is 0 Å². The summed E-state index contributed by atoms with van der Waals surface area (Å²) in [5.41, 5.74) is 1.52. The van der Waals surface area contributed by atoms with E-state index >= 15 is 0 Å². The standard InChI is InChI=1S/C26H27N3O5S/c1-18-17-28(13-14-29(18)35(30,31)21-8-6-7-19(15-21)32-2)26-22-16-20(33-3)11-12-24(22)34-25-10-5-4-9-23(25)27-26/h4-12,15-16,18H,13-14,17H2,1-3H3. The van der Waals surface area contributed by atoms with Crippen molar-refractivity contribution < 1.29 is 22.6 Å². The summed E-state index contributed by atoms with van der Waals surface area (Å²) in [5.74, 6) is 3.27. The molecule has 0 N–H and O–H groups in total. The minimum atomic E-state index is -3.68. The van der Waals surface area contributed by atoms with Gasteiger partial charge in [-0.25, -0.2) is 13.4 Å². The summed E-state index contributed by atoms with van der Waals surface area (Å²) in [4.78, 5) is 7.30.